The topological polar surface area (TPSA) is 20.2 Å². The summed E-state index contributed by atoms with van der Waals surface area (Å²) in [5.74, 6) is 0.554. The maximum absolute atomic E-state index is 10.0. The van der Waals surface area contributed by atoms with Crippen LogP contribution in [0.5, 0.6) is 0 Å². The minimum atomic E-state index is -0.103. The summed E-state index contributed by atoms with van der Waals surface area (Å²) in [6.45, 7) is 6.52. The van der Waals surface area contributed by atoms with Crippen LogP contribution in [0.1, 0.15) is 50.2 Å². The molecule has 0 radical (unpaired) electrons. The lowest BCUT2D eigenvalue weighted by Crippen LogP contribution is -2.50. The fourth-order valence-corrected chi connectivity index (χ4v) is 3.25. The molecule has 2 atom stereocenters. The van der Waals surface area contributed by atoms with Crippen molar-refractivity contribution in [3.05, 3.63) is 35.4 Å². The molecule has 88 valence electrons. The van der Waals surface area contributed by atoms with Gasteiger partial charge in [-0.1, -0.05) is 43.7 Å². The van der Waals surface area contributed by atoms with E-state index >= 15 is 0 Å². The molecule has 0 saturated heterocycles. The average molecular weight is 218 g/mol. The summed E-state index contributed by atoms with van der Waals surface area (Å²) < 4.78 is 0. The standard InChI is InChI=1S/C15H22O/c1-4-15(5-2)13(10-14(15)16)12-8-6-11(3)7-9-12/h6-9,13-14,16H,4-5,10H2,1-3H3. The number of rotatable bonds is 3. The van der Waals surface area contributed by atoms with Crippen molar-refractivity contribution in [3.8, 4) is 0 Å². The maximum Gasteiger partial charge on any atom is 0.0608 e. The van der Waals surface area contributed by atoms with Gasteiger partial charge in [0.05, 0.1) is 6.10 Å². The van der Waals surface area contributed by atoms with E-state index in [0.717, 1.165) is 19.3 Å². The van der Waals surface area contributed by atoms with Crippen molar-refractivity contribution in [2.45, 2.75) is 52.1 Å². The van der Waals surface area contributed by atoms with E-state index < -0.39 is 0 Å². The summed E-state index contributed by atoms with van der Waals surface area (Å²) in [5, 5.41) is 10.0. The van der Waals surface area contributed by atoms with Crippen molar-refractivity contribution >= 4 is 0 Å². The lowest BCUT2D eigenvalue weighted by Gasteiger charge is -2.54. The fraction of sp³-hybridized carbons (Fsp3) is 0.600. The highest BCUT2D eigenvalue weighted by atomic mass is 16.3. The summed E-state index contributed by atoms with van der Waals surface area (Å²) in [6.07, 6.45) is 2.98. The van der Waals surface area contributed by atoms with E-state index in [2.05, 4.69) is 45.0 Å². The van der Waals surface area contributed by atoms with E-state index in [4.69, 9.17) is 0 Å². The van der Waals surface area contributed by atoms with Crippen LogP contribution in [-0.2, 0) is 0 Å². The molecule has 1 heteroatoms. The predicted octanol–water partition coefficient (Wildman–Crippen LogP) is 3.65. The van der Waals surface area contributed by atoms with Crippen molar-refractivity contribution in [1.29, 1.82) is 0 Å². The second-order valence-electron chi connectivity index (χ2n) is 5.16. The Hall–Kier alpha value is -0.820. The molecule has 0 amide bonds. The number of benzene rings is 1. The largest absolute Gasteiger partial charge is 0.393 e. The summed E-state index contributed by atoms with van der Waals surface area (Å²) in [5.41, 5.74) is 2.84. The second kappa shape index (κ2) is 4.21. The number of aliphatic hydroxyl groups is 1. The predicted molar refractivity (Wildman–Crippen MR) is 67.6 cm³/mol. The van der Waals surface area contributed by atoms with E-state index in [1.54, 1.807) is 0 Å². The Morgan fingerprint density at radius 3 is 2.19 bits per heavy atom. The van der Waals surface area contributed by atoms with Gasteiger partial charge in [-0.25, -0.2) is 0 Å². The van der Waals surface area contributed by atoms with E-state index in [9.17, 15) is 5.11 Å². The quantitative estimate of drug-likeness (QED) is 0.821. The number of hydrogen-bond acceptors (Lipinski definition) is 1. The van der Waals surface area contributed by atoms with E-state index in [1.165, 1.54) is 11.1 Å². The van der Waals surface area contributed by atoms with Crippen molar-refractivity contribution < 1.29 is 5.11 Å². The lowest BCUT2D eigenvalue weighted by molar-refractivity contribution is -0.0932. The van der Waals surface area contributed by atoms with E-state index in [-0.39, 0.29) is 11.5 Å². The molecule has 0 aliphatic heterocycles. The molecule has 2 rings (SSSR count). The molecule has 0 heterocycles. The van der Waals surface area contributed by atoms with Gasteiger partial charge in [-0.2, -0.15) is 0 Å². The maximum atomic E-state index is 10.0. The third kappa shape index (κ3) is 1.58. The zero-order valence-electron chi connectivity index (χ0n) is 10.5. The summed E-state index contributed by atoms with van der Waals surface area (Å²) in [4.78, 5) is 0. The first-order valence-electron chi connectivity index (χ1n) is 6.38. The van der Waals surface area contributed by atoms with E-state index in [0.29, 0.717) is 5.92 Å². The van der Waals surface area contributed by atoms with Crippen LogP contribution >= 0.6 is 0 Å². The third-order valence-corrected chi connectivity index (χ3v) is 4.61. The molecule has 1 aliphatic rings. The monoisotopic (exact) mass is 218 g/mol. The average Bonchev–Trinajstić information content (AvgIpc) is 2.29. The molecule has 0 aromatic heterocycles. The molecular formula is C15H22O. The van der Waals surface area contributed by atoms with Gasteiger partial charge in [-0.3, -0.25) is 0 Å². The molecule has 16 heavy (non-hydrogen) atoms. The Kier molecular flexibility index (Phi) is 3.07. The van der Waals surface area contributed by atoms with Gasteiger partial charge in [0.15, 0.2) is 0 Å². The number of aryl methyl sites for hydroxylation is 1. The highest BCUT2D eigenvalue weighted by Crippen LogP contribution is 2.57. The third-order valence-electron chi connectivity index (χ3n) is 4.61. The molecule has 1 saturated carbocycles. The number of aliphatic hydroxyl groups excluding tert-OH is 1. The van der Waals surface area contributed by atoms with Crippen LogP contribution in [0.3, 0.4) is 0 Å². The zero-order valence-corrected chi connectivity index (χ0v) is 10.5. The first-order valence-corrected chi connectivity index (χ1v) is 6.38. The zero-order chi connectivity index (χ0) is 11.8. The van der Waals surface area contributed by atoms with Gasteiger partial charge in [0.25, 0.3) is 0 Å². The summed E-state index contributed by atoms with van der Waals surface area (Å²) in [7, 11) is 0. The van der Waals surface area contributed by atoms with Gasteiger partial charge in [-0.05, 0) is 37.7 Å². The highest BCUT2D eigenvalue weighted by Gasteiger charge is 2.52. The van der Waals surface area contributed by atoms with Crippen molar-refractivity contribution in [2.24, 2.45) is 5.41 Å². The van der Waals surface area contributed by atoms with Gasteiger partial charge in [0.1, 0.15) is 0 Å². The minimum Gasteiger partial charge on any atom is -0.393 e. The van der Waals surface area contributed by atoms with E-state index in [1.807, 2.05) is 0 Å². The summed E-state index contributed by atoms with van der Waals surface area (Å²) >= 11 is 0. The molecule has 2 unspecified atom stereocenters. The van der Waals surface area contributed by atoms with Gasteiger partial charge in [-0.15, -0.1) is 0 Å². The first-order chi connectivity index (χ1) is 7.64. The van der Waals surface area contributed by atoms with Crippen LogP contribution in [0.15, 0.2) is 24.3 Å². The Morgan fingerprint density at radius 1 is 1.19 bits per heavy atom. The molecule has 1 N–H and O–H groups in total. The van der Waals surface area contributed by atoms with Crippen molar-refractivity contribution in [3.63, 3.8) is 0 Å². The van der Waals surface area contributed by atoms with Crippen LogP contribution in [0.4, 0.5) is 0 Å². The molecule has 1 aromatic rings. The molecule has 1 fully saturated rings. The number of hydrogen-bond donors (Lipinski definition) is 1. The SMILES string of the molecule is CCC1(CC)C(O)CC1c1ccc(C)cc1. The van der Waals surface area contributed by atoms with Gasteiger partial charge < -0.3 is 5.11 Å². The second-order valence-corrected chi connectivity index (χ2v) is 5.16. The molecule has 0 bridgehead atoms. The van der Waals surface area contributed by atoms with Crippen LogP contribution in [0, 0.1) is 12.3 Å². The smallest absolute Gasteiger partial charge is 0.0608 e. The fourth-order valence-electron chi connectivity index (χ4n) is 3.25. The Labute approximate surface area is 98.5 Å². The Morgan fingerprint density at radius 2 is 1.75 bits per heavy atom. The molecule has 1 aliphatic carbocycles. The van der Waals surface area contributed by atoms with Gasteiger partial charge in [0.2, 0.25) is 0 Å². The summed E-state index contributed by atoms with van der Waals surface area (Å²) in [6, 6.07) is 8.81. The normalized spacial score (nSPS) is 27.5. The Bertz CT molecular complexity index is 348. The van der Waals surface area contributed by atoms with Crippen LogP contribution in [-0.4, -0.2) is 11.2 Å². The van der Waals surface area contributed by atoms with Crippen molar-refractivity contribution in [1.82, 2.24) is 0 Å². The Balaban J connectivity index is 2.26. The lowest BCUT2D eigenvalue weighted by atomic mass is 9.53. The van der Waals surface area contributed by atoms with Crippen molar-refractivity contribution in [2.75, 3.05) is 0 Å². The minimum absolute atomic E-state index is 0.103. The highest BCUT2D eigenvalue weighted by molar-refractivity contribution is 5.30. The van der Waals surface area contributed by atoms with Gasteiger partial charge in [0, 0.05) is 5.41 Å². The van der Waals surface area contributed by atoms with Gasteiger partial charge >= 0.3 is 0 Å². The molecule has 0 spiro atoms. The molecule has 1 aromatic carbocycles. The molecular weight excluding hydrogens is 196 g/mol. The first kappa shape index (κ1) is 11.7. The van der Waals surface area contributed by atoms with Crippen LogP contribution in [0.2, 0.25) is 0 Å². The van der Waals surface area contributed by atoms with Crippen LogP contribution < -0.4 is 0 Å². The van der Waals surface area contributed by atoms with Crippen LogP contribution in [0.25, 0.3) is 0 Å². The molecule has 1 nitrogen and oxygen atoms in total.